The number of rotatable bonds is 8. The first-order chi connectivity index (χ1) is 22.0. The standard InChI is InChI=1S/C32H30F3N5O5S/c1-3-45-30(43)25-23(37-27(28-36-10-12-46-28)38-26(25)20-5-4-6-21(33)17(20)2)16-39-11-9-32(35)19(14-39)15-40(31(32)44)24-13-18(29(41)42)7-8-22(24)34/h4-8,10,12-13,19,26H,3,9,11,14-16H2,1-2H3,(H,37,38)(H,41,42)/t19-,26-,32+/m0/s1. The number of thiazole rings is 1. The number of carbonyl (C=O) groups is 3. The smallest absolute Gasteiger partial charge is 0.338 e. The van der Waals surface area contributed by atoms with Crippen LogP contribution in [0.5, 0.6) is 0 Å². The topological polar surface area (TPSA) is 124 Å². The predicted octanol–water partition coefficient (Wildman–Crippen LogP) is 4.41. The van der Waals surface area contributed by atoms with Crippen LogP contribution in [0, 0.1) is 24.5 Å². The quantitative estimate of drug-likeness (QED) is 0.343. The van der Waals surface area contributed by atoms with E-state index in [1.807, 2.05) is 4.90 Å². The second-order valence-corrected chi connectivity index (χ2v) is 12.2. The summed E-state index contributed by atoms with van der Waals surface area (Å²) >= 11 is 1.33. The molecule has 0 radical (unpaired) electrons. The van der Waals surface area contributed by atoms with Crippen molar-refractivity contribution < 1.29 is 37.4 Å². The van der Waals surface area contributed by atoms with Crippen molar-refractivity contribution in [2.75, 3.05) is 37.7 Å². The van der Waals surface area contributed by atoms with Crippen molar-refractivity contribution in [2.45, 2.75) is 32.0 Å². The van der Waals surface area contributed by atoms with Crippen molar-refractivity contribution in [1.29, 1.82) is 0 Å². The summed E-state index contributed by atoms with van der Waals surface area (Å²) in [6.07, 6.45) is 1.41. The van der Waals surface area contributed by atoms with Gasteiger partial charge in [0.1, 0.15) is 17.7 Å². The highest BCUT2D eigenvalue weighted by Gasteiger charge is 2.58. The molecule has 3 aromatic rings. The summed E-state index contributed by atoms with van der Waals surface area (Å²) in [6, 6.07) is 6.70. The van der Waals surface area contributed by atoms with Crippen molar-refractivity contribution in [1.82, 2.24) is 15.2 Å². The Labute approximate surface area is 266 Å². The monoisotopic (exact) mass is 653 g/mol. The highest BCUT2D eigenvalue weighted by Crippen LogP contribution is 2.43. The molecule has 2 fully saturated rings. The highest BCUT2D eigenvalue weighted by molar-refractivity contribution is 7.11. The van der Waals surface area contributed by atoms with Gasteiger partial charge in [-0.05, 0) is 49.2 Å². The lowest BCUT2D eigenvalue weighted by molar-refractivity contribution is -0.139. The molecule has 0 aliphatic carbocycles. The molecule has 4 heterocycles. The van der Waals surface area contributed by atoms with E-state index in [0.29, 0.717) is 27.7 Å². The summed E-state index contributed by atoms with van der Waals surface area (Å²) in [5.41, 5.74) is -1.42. The zero-order chi connectivity index (χ0) is 32.7. The lowest BCUT2D eigenvalue weighted by Crippen LogP contribution is -2.52. The molecule has 1 aromatic heterocycles. The fraction of sp³-hybridized carbons (Fsp3) is 0.344. The SMILES string of the molecule is CCOC(=O)C1=C(CN2CC[C@]3(F)C(=O)N(c4cc(C(=O)O)ccc4F)C[C@@H]3C2)NC(c2nccs2)=N[C@H]1c1cccc(F)c1C. The number of ether oxygens (including phenoxy) is 1. The number of aliphatic imine (C=N–C) groups is 1. The maximum absolute atomic E-state index is 16.3. The van der Waals surface area contributed by atoms with E-state index in [1.165, 1.54) is 17.4 Å². The Morgan fingerprint density at radius 3 is 2.72 bits per heavy atom. The fourth-order valence-corrected chi connectivity index (χ4v) is 6.86. The number of hydrogen-bond acceptors (Lipinski definition) is 9. The van der Waals surface area contributed by atoms with Crippen LogP contribution in [-0.2, 0) is 14.3 Å². The van der Waals surface area contributed by atoms with Crippen molar-refractivity contribution in [3.8, 4) is 0 Å². The first-order valence-corrected chi connectivity index (χ1v) is 15.6. The summed E-state index contributed by atoms with van der Waals surface area (Å²) in [4.78, 5) is 50.3. The predicted molar refractivity (Wildman–Crippen MR) is 163 cm³/mol. The number of halogens is 3. The van der Waals surface area contributed by atoms with Gasteiger partial charge >= 0.3 is 11.9 Å². The van der Waals surface area contributed by atoms with Crippen molar-refractivity contribution in [3.63, 3.8) is 0 Å². The average molecular weight is 654 g/mol. The molecule has 46 heavy (non-hydrogen) atoms. The van der Waals surface area contributed by atoms with Gasteiger partial charge in [0.05, 0.1) is 23.4 Å². The lowest BCUT2D eigenvalue weighted by Gasteiger charge is -2.38. The number of aromatic nitrogens is 1. The third-order valence-corrected chi connectivity index (χ3v) is 9.43. The van der Waals surface area contributed by atoms with Crippen LogP contribution in [0.1, 0.15) is 45.9 Å². The number of hydrogen-bond donors (Lipinski definition) is 2. The number of carbonyl (C=O) groups excluding carboxylic acids is 2. The van der Waals surface area contributed by atoms with Crippen molar-refractivity contribution >= 4 is 40.7 Å². The number of benzene rings is 2. The molecule has 2 aromatic carbocycles. The molecule has 3 aliphatic heterocycles. The van der Waals surface area contributed by atoms with Crippen LogP contribution in [0.15, 0.2) is 64.2 Å². The number of piperidine rings is 1. The number of nitrogens with zero attached hydrogens (tertiary/aromatic N) is 4. The molecule has 10 nitrogen and oxygen atoms in total. The molecule has 6 rings (SSSR count). The molecule has 0 bridgehead atoms. The summed E-state index contributed by atoms with van der Waals surface area (Å²) in [7, 11) is 0. The molecule has 2 N–H and O–H groups in total. The lowest BCUT2D eigenvalue weighted by atomic mass is 9.84. The van der Waals surface area contributed by atoms with E-state index in [-0.39, 0.29) is 56.0 Å². The van der Waals surface area contributed by atoms with E-state index >= 15 is 4.39 Å². The molecule has 0 saturated carbocycles. The third-order valence-electron chi connectivity index (χ3n) is 8.65. The van der Waals surface area contributed by atoms with Gasteiger partial charge in [-0.1, -0.05) is 12.1 Å². The van der Waals surface area contributed by atoms with Gasteiger partial charge in [-0.2, -0.15) is 0 Å². The van der Waals surface area contributed by atoms with E-state index in [9.17, 15) is 28.3 Å². The minimum atomic E-state index is -2.28. The number of amides is 1. The number of carboxylic acid groups (broad SMARTS) is 1. The van der Waals surface area contributed by atoms with Crippen LogP contribution in [0.25, 0.3) is 0 Å². The number of fused-ring (bicyclic) bond motifs is 1. The van der Waals surface area contributed by atoms with Crippen LogP contribution in [0.4, 0.5) is 18.9 Å². The van der Waals surface area contributed by atoms with E-state index < -0.39 is 47.1 Å². The van der Waals surface area contributed by atoms with Crippen LogP contribution in [0.2, 0.25) is 0 Å². The Hall–Kier alpha value is -4.56. The molecule has 3 aliphatic rings. The summed E-state index contributed by atoms with van der Waals surface area (Å²) < 4.78 is 51.3. The summed E-state index contributed by atoms with van der Waals surface area (Å²) in [6.45, 7) is 3.50. The number of anilines is 1. The Bertz CT molecular complexity index is 1780. The number of alkyl halides is 1. The average Bonchev–Trinajstić information content (AvgIpc) is 3.66. The third kappa shape index (κ3) is 5.55. The number of amidine groups is 1. The first kappa shape index (κ1) is 31.4. The normalized spacial score (nSPS) is 23.2. The molecule has 2 saturated heterocycles. The number of aromatic carboxylic acids is 1. The van der Waals surface area contributed by atoms with Crippen LogP contribution >= 0.6 is 11.3 Å². The Balaban J connectivity index is 1.34. The Morgan fingerprint density at radius 2 is 2.00 bits per heavy atom. The van der Waals surface area contributed by atoms with Gasteiger partial charge in [0.15, 0.2) is 16.5 Å². The number of esters is 1. The second-order valence-electron chi connectivity index (χ2n) is 11.3. The van der Waals surface area contributed by atoms with Gasteiger partial charge in [0.25, 0.3) is 5.91 Å². The first-order valence-electron chi connectivity index (χ1n) is 14.7. The van der Waals surface area contributed by atoms with Gasteiger partial charge in [-0.25, -0.2) is 27.7 Å². The van der Waals surface area contributed by atoms with Gasteiger partial charge < -0.3 is 20.1 Å². The molecule has 0 unspecified atom stereocenters. The summed E-state index contributed by atoms with van der Waals surface area (Å²) in [5.74, 6) is -4.65. The molecular formula is C32H30F3N5O5S. The maximum atomic E-state index is 16.3. The number of carboxylic acids is 1. The van der Waals surface area contributed by atoms with Gasteiger partial charge in [-0.15, -0.1) is 11.3 Å². The van der Waals surface area contributed by atoms with E-state index in [4.69, 9.17) is 9.73 Å². The molecule has 3 atom stereocenters. The Kier molecular flexibility index (Phi) is 8.42. The minimum absolute atomic E-state index is 0.0770. The largest absolute Gasteiger partial charge is 0.478 e. The number of nitrogens with one attached hydrogen (secondary N) is 1. The second kappa shape index (κ2) is 12.3. The van der Waals surface area contributed by atoms with Gasteiger partial charge in [-0.3, -0.25) is 14.7 Å². The van der Waals surface area contributed by atoms with E-state index in [2.05, 4.69) is 10.3 Å². The molecule has 1 amide bonds. The molecule has 240 valence electrons. The zero-order valence-corrected chi connectivity index (χ0v) is 25.7. The van der Waals surface area contributed by atoms with Crippen molar-refractivity contribution in [3.05, 3.63) is 92.6 Å². The molecule has 14 heteroatoms. The van der Waals surface area contributed by atoms with Gasteiger partial charge in [0.2, 0.25) is 0 Å². The maximum Gasteiger partial charge on any atom is 0.338 e. The van der Waals surface area contributed by atoms with Crippen LogP contribution in [-0.4, -0.2) is 77.1 Å². The van der Waals surface area contributed by atoms with E-state index in [0.717, 1.165) is 23.1 Å². The zero-order valence-electron chi connectivity index (χ0n) is 24.9. The van der Waals surface area contributed by atoms with Gasteiger partial charge in [0, 0.05) is 55.8 Å². The van der Waals surface area contributed by atoms with Crippen LogP contribution in [0.3, 0.4) is 0 Å². The van der Waals surface area contributed by atoms with Crippen molar-refractivity contribution in [2.24, 2.45) is 10.9 Å². The minimum Gasteiger partial charge on any atom is -0.478 e. The van der Waals surface area contributed by atoms with E-state index in [1.54, 1.807) is 37.6 Å². The molecular weight excluding hydrogens is 623 g/mol. The molecule has 0 spiro atoms. The summed E-state index contributed by atoms with van der Waals surface area (Å²) in [5, 5.41) is 14.9. The fourth-order valence-electron chi connectivity index (χ4n) is 6.28. The van der Waals surface area contributed by atoms with Crippen LogP contribution < -0.4 is 10.2 Å². The number of likely N-dealkylation sites (tertiary alicyclic amines) is 1. The highest BCUT2D eigenvalue weighted by atomic mass is 32.1. The Morgan fingerprint density at radius 1 is 1.20 bits per heavy atom.